The first-order chi connectivity index (χ1) is 11.3. The molecule has 1 aliphatic rings. The van der Waals surface area contributed by atoms with E-state index in [1.807, 2.05) is 13.0 Å². The molecule has 1 saturated heterocycles. The Morgan fingerprint density at radius 2 is 1.96 bits per heavy atom. The Kier molecular flexibility index (Phi) is 7.20. The Morgan fingerprint density at radius 1 is 1.22 bits per heavy atom. The molecule has 1 aromatic rings. The summed E-state index contributed by atoms with van der Waals surface area (Å²) in [5.74, 6) is 0. The van der Waals surface area contributed by atoms with E-state index in [1.54, 1.807) is 4.90 Å². The summed E-state index contributed by atoms with van der Waals surface area (Å²) in [6.45, 7) is 5.79. The monoisotopic (exact) mass is 319 g/mol. The van der Waals surface area contributed by atoms with Crippen molar-refractivity contribution >= 4 is 11.7 Å². The molecule has 0 spiro atoms. The molecule has 0 radical (unpaired) electrons. The van der Waals surface area contributed by atoms with Gasteiger partial charge in [0, 0.05) is 38.4 Å². The van der Waals surface area contributed by atoms with Gasteiger partial charge in [0.15, 0.2) is 0 Å². The molecule has 2 N–H and O–H groups in total. The molecule has 0 unspecified atom stereocenters. The van der Waals surface area contributed by atoms with Crippen LogP contribution in [0, 0.1) is 0 Å². The smallest absolute Gasteiger partial charge is 0.317 e. The van der Waals surface area contributed by atoms with Gasteiger partial charge in [0.25, 0.3) is 0 Å². The molecule has 0 bridgehead atoms. The molecular weight excluding hydrogens is 290 g/mol. The van der Waals surface area contributed by atoms with E-state index >= 15 is 0 Å². The van der Waals surface area contributed by atoms with E-state index in [1.165, 1.54) is 24.9 Å². The van der Waals surface area contributed by atoms with Gasteiger partial charge < -0.3 is 20.2 Å². The van der Waals surface area contributed by atoms with Crippen molar-refractivity contribution in [3.05, 3.63) is 29.8 Å². The molecule has 2 amide bonds. The summed E-state index contributed by atoms with van der Waals surface area (Å²) < 4.78 is 0. The Balaban J connectivity index is 1.98. The molecule has 23 heavy (non-hydrogen) atoms. The molecular formula is C18H29N3O2. The van der Waals surface area contributed by atoms with Gasteiger partial charge in [-0.1, -0.05) is 25.1 Å². The number of aliphatic hydroxyl groups is 1. The Bertz CT molecular complexity index is 481. The number of hydrogen-bond donors (Lipinski definition) is 2. The van der Waals surface area contributed by atoms with Crippen LogP contribution in [0.3, 0.4) is 0 Å². The number of benzene rings is 1. The maximum atomic E-state index is 12.3. The summed E-state index contributed by atoms with van der Waals surface area (Å²) in [7, 11) is 0. The van der Waals surface area contributed by atoms with E-state index in [4.69, 9.17) is 5.11 Å². The summed E-state index contributed by atoms with van der Waals surface area (Å²) in [4.78, 5) is 16.4. The molecule has 0 aromatic heterocycles. The second-order valence-corrected chi connectivity index (χ2v) is 6.05. The first-order valence-electron chi connectivity index (χ1n) is 8.72. The molecule has 0 saturated carbocycles. The average Bonchev–Trinajstić information content (AvgIpc) is 2.60. The fourth-order valence-corrected chi connectivity index (χ4v) is 3.09. The number of carbonyl (C=O) groups is 1. The fourth-order valence-electron chi connectivity index (χ4n) is 3.09. The minimum Gasteiger partial charge on any atom is -0.395 e. The molecule has 5 nitrogen and oxygen atoms in total. The van der Waals surface area contributed by atoms with E-state index in [9.17, 15) is 4.79 Å². The lowest BCUT2D eigenvalue weighted by atomic mass is 10.1. The number of nitrogens with zero attached hydrogens (tertiary/aromatic N) is 2. The lowest BCUT2D eigenvalue weighted by Crippen LogP contribution is -2.41. The topological polar surface area (TPSA) is 55.8 Å². The molecule has 128 valence electrons. The Labute approximate surface area is 139 Å². The predicted octanol–water partition coefficient (Wildman–Crippen LogP) is 2.59. The van der Waals surface area contributed by atoms with Crippen LogP contribution in [0.5, 0.6) is 0 Å². The quantitative estimate of drug-likeness (QED) is 0.812. The lowest BCUT2D eigenvalue weighted by molar-refractivity contribution is 0.177. The summed E-state index contributed by atoms with van der Waals surface area (Å²) in [6, 6.07) is 8.20. The number of rotatable bonds is 7. The van der Waals surface area contributed by atoms with Crippen LogP contribution < -0.4 is 10.2 Å². The van der Waals surface area contributed by atoms with Gasteiger partial charge in [-0.25, -0.2) is 4.79 Å². The highest BCUT2D eigenvalue weighted by atomic mass is 16.3. The SMILES string of the molecule is CCCN(CCO)C(=O)NCc1ccccc1N1CCCCC1. The van der Waals surface area contributed by atoms with Crippen LogP contribution >= 0.6 is 0 Å². The van der Waals surface area contributed by atoms with Gasteiger partial charge in [-0.05, 0) is 37.3 Å². The van der Waals surface area contributed by atoms with Crippen LogP contribution in [0.25, 0.3) is 0 Å². The van der Waals surface area contributed by atoms with Crippen molar-refractivity contribution in [1.29, 1.82) is 0 Å². The zero-order valence-corrected chi connectivity index (χ0v) is 14.1. The highest BCUT2D eigenvalue weighted by Gasteiger charge is 2.16. The third kappa shape index (κ3) is 5.13. The first-order valence-corrected chi connectivity index (χ1v) is 8.72. The number of hydrogen-bond acceptors (Lipinski definition) is 3. The minimum absolute atomic E-state index is 0.00220. The van der Waals surface area contributed by atoms with Crippen molar-refractivity contribution in [3.8, 4) is 0 Å². The van der Waals surface area contributed by atoms with Crippen molar-refractivity contribution in [2.75, 3.05) is 37.7 Å². The van der Waals surface area contributed by atoms with E-state index in [2.05, 4.69) is 28.4 Å². The van der Waals surface area contributed by atoms with Gasteiger partial charge in [0.05, 0.1) is 6.61 Å². The van der Waals surface area contributed by atoms with Crippen molar-refractivity contribution in [1.82, 2.24) is 10.2 Å². The Morgan fingerprint density at radius 3 is 2.65 bits per heavy atom. The van der Waals surface area contributed by atoms with Crippen molar-refractivity contribution in [2.24, 2.45) is 0 Å². The predicted molar refractivity (Wildman–Crippen MR) is 93.7 cm³/mol. The third-order valence-electron chi connectivity index (χ3n) is 4.27. The Hall–Kier alpha value is -1.75. The normalized spacial score (nSPS) is 14.6. The van der Waals surface area contributed by atoms with E-state index in [0.717, 1.165) is 25.1 Å². The van der Waals surface area contributed by atoms with E-state index < -0.39 is 0 Å². The van der Waals surface area contributed by atoms with E-state index in [-0.39, 0.29) is 12.6 Å². The number of amides is 2. The number of urea groups is 1. The average molecular weight is 319 g/mol. The molecule has 1 fully saturated rings. The van der Waals surface area contributed by atoms with Gasteiger partial charge in [-0.2, -0.15) is 0 Å². The zero-order valence-electron chi connectivity index (χ0n) is 14.1. The lowest BCUT2D eigenvalue weighted by Gasteiger charge is -2.31. The number of para-hydroxylation sites is 1. The van der Waals surface area contributed by atoms with Crippen LogP contribution in [-0.4, -0.2) is 48.8 Å². The zero-order chi connectivity index (χ0) is 16.5. The molecule has 2 rings (SSSR count). The third-order valence-corrected chi connectivity index (χ3v) is 4.27. The van der Waals surface area contributed by atoms with E-state index in [0.29, 0.717) is 19.6 Å². The molecule has 0 aliphatic carbocycles. The van der Waals surface area contributed by atoms with Gasteiger partial charge in [0.1, 0.15) is 0 Å². The second kappa shape index (κ2) is 9.40. The summed E-state index contributed by atoms with van der Waals surface area (Å²) in [6.07, 6.45) is 4.67. The fraction of sp³-hybridized carbons (Fsp3) is 0.611. The molecule has 5 heteroatoms. The number of carbonyl (C=O) groups excluding carboxylic acids is 1. The van der Waals surface area contributed by atoms with Crippen molar-refractivity contribution < 1.29 is 9.90 Å². The molecule has 0 atom stereocenters. The maximum absolute atomic E-state index is 12.3. The van der Waals surface area contributed by atoms with Gasteiger partial charge in [-0.15, -0.1) is 0 Å². The van der Waals surface area contributed by atoms with Crippen LogP contribution in [0.2, 0.25) is 0 Å². The minimum atomic E-state index is -0.102. The molecule has 1 aliphatic heterocycles. The summed E-state index contributed by atoms with van der Waals surface area (Å²) in [5.41, 5.74) is 2.39. The largest absolute Gasteiger partial charge is 0.395 e. The standard InChI is InChI=1S/C18H29N3O2/c1-2-10-21(13-14-22)18(23)19-15-16-8-4-5-9-17(16)20-11-6-3-7-12-20/h4-5,8-9,22H,2-3,6-7,10-15H2,1H3,(H,19,23). The number of anilines is 1. The molecule has 1 aromatic carbocycles. The van der Waals surface area contributed by atoms with Gasteiger partial charge >= 0.3 is 6.03 Å². The van der Waals surface area contributed by atoms with Crippen LogP contribution in [0.1, 0.15) is 38.2 Å². The van der Waals surface area contributed by atoms with Crippen LogP contribution in [0.15, 0.2) is 24.3 Å². The summed E-state index contributed by atoms with van der Waals surface area (Å²) in [5, 5.41) is 12.1. The highest BCUT2D eigenvalue weighted by molar-refractivity contribution is 5.74. The maximum Gasteiger partial charge on any atom is 0.317 e. The number of aliphatic hydroxyl groups excluding tert-OH is 1. The van der Waals surface area contributed by atoms with Crippen LogP contribution in [-0.2, 0) is 6.54 Å². The highest BCUT2D eigenvalue weighted by Crippen LogP contribution is 2.24. The number of nitrogens with one attached hydrogen (secondary N) is 1. The molecule has 1 heterocycles. The first kappa shape index (κ1) is 17.6. The van der Waals surface area contributed by atoms with Gasteiger partial charge in [0.2, 0.25) is 0 Å². The van der Waals surface area contributed by atoms with Crippen molar-refractivity contribution in [2.45, 2.75) is 39.2 Å². The van der Waals surface area contributed by atoms with Crippen LogP contribution in [0.4, 0.5) is 10.5 Å². The number of piperidine rings is 1. The summed E-state index contributed by atoms with van der Waals surface area (Å²) >= 11 is 0. The van der Waals surface area contributed by atoms with Gasteiger partial charge in [-0.3, -0.25) is 0 Å². The second-order valence-electron chi connectivity index (χ2n) is 6.05. The van der Waals surface area contributed by atoms with Crippen molar-refractivity contribution in [3.63, 3.8) is 0 Å².